The fraction of sp³-hybridized carbons (Fsp3) is 0.294. The van der Waals surface area contributed by atoms with Gasteiger partial charge in [0.1, 0.15) is 0 Å². The Morgan fingerprint density at radius 2 is 1.89 bits per heavy atom. The van der Waals surface area contributed by atoms with Crippen LogP contribution in [0.5, 0.6) is 0 Å². The Labute approximate surface area is 124 Å². The van der Waals surface area contributed by atoms with Crippen LogP contribution in [0.1, 0.15) is 35.2 Å². The minimum absolute atomic E-state index is 0.223. The second kappa shape index (κ2) is 6.36. The molecule has 2 aromatic rings. The maximum Gasteiger partial charge on any atom is 0.0585 e. The van der Waals surface area contributed by atoms with Crippen molar-refractivity contribution in [3.63, 3.8) is 0 Å². The van der Waals surface area contributed by atoms with Crippen molar-refractivity contribution in [1.82, 2.24) is 5.32 Å². The molecule has 2 aromatic carbocycles. The average molecular weight is 318 g/mol. The van der Waals surface area contributed by atoms with E-state index in [1.165, 1.54) is 26.7 Å². The highest BCUT2D eigenvalue weighted by atomic mass is 79.9. The monoisotopic (exact) mass is 317 g/mol. The van der Waals surface area contributed by atoms with Gasteiger partial charge in [0.15, 0.2) is 0 Å². The van der Waals surface area contributed by atoms with Crippen LogP contribution in [-0.4, -0.2) is 7.05 Å². The first-order valence-electron chi connectivity index (χ1n) is 6.68. The molecule has 2 heteroatoms. The molecule has 1 nitrogen and oxygen atoms in total. The highest BCUT2D eigenvalue weighted by molar-refractivity contribution is 9.10. The number of hydrogen-bond acceptors (Lipinski definition) is 1. The topological polar surface area (TPSA) is 12.0 Å². The van der Waals surface area contributed by atoms with Crippen LogP contribution in [0, 0.1) is 6.92 Å². The minimum atomic E-state index is 0.223. The first kappa shape index (κ1) is 14.3. The third kappa shape index (κ3) is 3.07. The molecule has 0 aliphatic carbocycles. The van der Waals surface area contributed by atoms with Gasteiger partial charge in [-0.3, -0.25) is 0 Å². The normalized spacial score (nSPS) is 12.4. The van der Waals surface area contributed by atoms with Gasteiger partial charge in [-0.1, -0.05) is 65.3 Å². The SMILES string of the molecule is CCc1cccc(C(NC)c2cccc(C)c2Br)c1. The van der Waals surface area contributed by atoms with Crippen molar-refractivity contribution in [3.05, 3.63) is 69.2 Å². The second-order valence-electron chi connectivity index (χ2n) is 4.80. The lowest BCUT2D eigenvalue weighted by Crippen LogP contribution is -2.18. The number of benzene rings is 2. The van der Waals surface area contributed by atoms with Crippen molar-refractivity contribution < 1.29 is 0 Å². The first-order chi connectivity index (χ1) is 9.17. The van der Waals surface area contributed by atoms with Crippen LogP contribution >= 0.6 is 15.9 Å². The molecule has 0 saturated heterocycles. The summed E-state index contributed by atoms with van der Waals surface area (Å²) in [5.74, 6) is 0. The summed E-state index contributed by atoms with van der Waals surface area (Å²) in [7, 11) is 2.01. The van der Waals surface area contributed by atoms with Gasteiger partial charge in [-0.05, 0) is 42.6 Å². The highest BCUT2D eigenvalue weighted by Crippen LogP contribution is 2.30. The van der Waals surface area contributed by atoms with E-state index in [9.17, 15) is 0 Å². The minimum Gasteiger partial charge on any atom is -0.309 e. The second-order valence-corrected chi connectivity index (χ2v) is 5.59. The summed E-state index contributed by atoms with van der Waals surface area (Å²) >= 11 is 3.71. The van der Waals surface area contributed by atoms with Crippen LogP contribution in [0.4, 0.5) is 0 Å². The molecule has 0 fully saturated rings. The number of aryl methyl sites for hydroxylation is 2. The summed E-state index contributed by atoms with van der Waals surface area (Å²) in [6, 6.07) is 15.4. The van der Waals surface area contributed by atoms with Gasteiger partial charge in [-0.2, -0.15) is 0 Å². The van der Waals surface area contributed by atoms with Gasteiger partial charge < -0.3 is 5.32 Å². The predicted octanol–water partition coefficient (Wildman–Crippen LogP) is 4.63. The molecule has 19 heavy (non-hydrogen) atoms. The van der Waals surface area contributed by atoms with E-state index in [1.54, 1.807) is 0 Å². The van der Waals surface area contributed by atoms with Crippen LogP contribution < -0.4 is 5.32 Å². The molecule has 0 aromatic heterocycles. The Balaban J connectivity index is 2.46. The van der Waals surface area contributed by atoms with Gasteiger partial charge in [0.2, 0.25) is 0 Å². The summed E-state index contributed by atoms with van der Waals surface area (Å²) in [6.07, 6.45) is 1.07. The Bertz CT molecular complexity index is 563. The molecule has 2 rings (SSSR count). The van der Waals surface area contributed by atoms with Crippen molar-refractivity contribution >= 4 is 15.9 Å². The zero-order chi connectivity index (χ0) is 13.8. The lowest BCUT2D eigenvalue weighted by atomic mass is 9.95. The predicted molar refractivity (Wildman–Crippen MR) is 85.6 cm³/mol. The lowest BCUT2D eigenvalue weighted by molar-refractivity contribution is 0.687. The quantitative estimate of drug-likeness (QED) is 0.867. The van der Waals surface area contributed by atoms with Crippen LogP contribution in [-0.2, 0) is 6.42 Å². The van der Waals surface area contributed by atoms with Crippen LogP contribution in [0.25, 0.3) is 0 Å². The molecular formula is C17H20BrN. The van der Waals surface area contributed by atoms with Gasteiger partial charge in [0, 0.05) is 4.47 Å². The van der Waals surface area contributed by atoms with Crippen LogP contribution in [0.15, 0.2) is 46.9 Å². The number of hydrogen-bond donors (Lipinski definition) is 1. The van der Waals surface area contributed by atoms with Gasteiger partial charge in [-0.15, -0.1) is 0 Å². The lowest BCUT2D eigenvalue weighted by Gasteiger charge is -2.20. The maximum atomic E-state index is 3.71. The zero-order valence-electron chi connectivity index (χ0n) is 11.7. The molecular weight excluding hydrogens is 298 g/mol. The third-order valence-electron chi connectivity index (χ3n) is 3.51. The van der Waals surface area contributed by atoms with Gasteiger partial charge in [-0.25, -0.2) is 0 Å². The van der Waals surface area contributed by atoms with Crippen molar-refractivity contribution in [3.8, 4) is 0 Å². The van der Waals surface area contributed by atoms with E-state index in [2.05, 4.69) is 77.6 Å². The number of rotatable bonds is 4. The van der Waals surface area contributed by atoms with Crippen LogP contribution in [0.2, 0.25) is 0 Å². The Kier molecular flexibility index (Phi) is 4.78. The van der Waals surface area contributed by atoms with E-state index < -0.39 is 0 Å². The summed E-state index contributed by atoms with van der Waals surface area (Å²) in [4.78, 5) is 0. The van der Waals surface area contributed by atoms with Gasteiger partial charge >= 0.3 is 0 Å². The van der Waals surface area contributed by atoms with Crippen molar-refractivity contribution in [2.45, 2.75) is 26.3 Å². The first-order valence-corrected chi connectivity index (χ1v) is 7.47. The van der Waals surface area contributed by atoms with E-state index in [1.807, 2.05) is 7.05 Å². The molecule has 1 N–H and O–H groups in total. The molecule has 100 valence electrons. The van der Waals surface area contributed by atoms with E-state index in [4.69, 9.17) is 0 Å². The summed E-state index contributed by atoms with van der Waals surface area (Å²) in [5.41, 5.74) is 5.25. The fourth-order valence-electron chi connectivity index (χ4n) is 2.39. The standard InChI is InChI=1S/C17H20BrN/c1-4-13-8-6-9-14(11-13)17(19-3)15-10-5-7-12(2)16(15)18/h5-11,17,19H,4H2,1-3H3. The molecule has 0 aliphatic rings. The summed E-state index contributed by atoms with van der Waals surface area (Å²) < 4.78 is 1.19. The van der Waals surface area contributed by atoms with Crippen molar-refractivity contribution in [2.24, 2.45) is 0 Å². The maximum absolute atomic E-state index is 3.71. The fourth-order valence-corrected chi connectivity index (χ4v) is 2.88. The Morgan fingerprint density at radius 1 is 1.16 bits per heavy atom. The molecule has 0 saturated carbocycles. The molecule has 1 atom stereocenters. The molecule has 0 radical (unpaired) electrons. The number of halogens is 1. The molecule has 0 bridgehead atoms. The molecule has 0 aliphatic heterocycles. The third-order valence-corrected chi connectivity index (χ3v) is 4.60. The summed E-state index contributed by atoms with van der Waals surface area (Å²) in [5, 5.41) is 3.42. The molecule has 0 amide bonds. The van der Waals surface area contributed by atoms with E-state index in [-0.39, 0.29) is 6.04 Å². The molecule has 0 heterocycles. The van der Waals surface area contributed by atoms with Crippen LogP contribution in [0.3, 0.4) is 0 Å². The average Bonchev–Trinajstić information content (AvgIpc) is 2.44. The van der Waals surface area contributed by atoms with Crippen molar-refractivity contribution in [2.75, 3.05) is 7.05 Å². The zero-order valence-corrected chi connectivity index (χ0v) is 13.3. The van der Waals surface area contributed by atoms with E-state index >= 15 is 0 Å². The Morgan fingerprint density at radius 3 is 2.58 bits per heavy atom. The molecule has 1 unspecified atom stereocenters. The largest absolute Gasteiger partial charge is 0.309 e. The van der Waals surface area contributed by atoms with E-state index in [0.29, 0.717) is 0 Å². The molecule has 0 spiro atoms. The summed E-state index contributed by atoms with van der Waals surface area (Å²) in [6.45, 7) is 4.32. The highest BCUT2D eigenvalue weighted by Gasteiger charge is 2.15. The number of nitrogens with one attached hydrogen (secondary N) is 1. The van der Waals surface area contributed by atoms with E-state index in [0.717, 1.165) is 6.42 Å². The van der Waals surface area contributed by atoms with Crippen molar-refractivity contribution in [1.29, 1.82) is 0 Å². The smallest absolute Gasteiger partial charge is 0.0585 e. The van der Waals surface area contributed by atoms with Gasteiger partial charge in [0.25, 0.3) is 0 Å². The Hall–Kier alpha value is -1.12. The van der Waals surface area contributed by atoms with Gasteiger partial charge in [0.05, 0.1) is 6.04 Å².